The van der Waals surface area contributed by atoms with Gasteiger partial charge in [0.1, 0.15) is 12.4 Å². The van der Waals surface area contributed by atoms with Crippen molar-refractivity contribution in [1.29, 1.82) is 0 Å². The Labute approximate surface area is 175 Å². The first-order chi connectivity index (χ1) is 13.8. The second kappa shape index (κ2) is 11.5. The molecule has 29 heavy (non-hydrogen) atoms. The zero-order valence-electron chi connectivity index (χ0n) is 19.0. The van der Waals surface area contributed by atoms with Crippen LogP contribution in [0.25, 0.3) is 0 Å². The highest BCUT2D eigenvalue weighted by molar-refractivity contribution is 5.79. The van der Waals surface area contributed by atoms with Crippen molar-refractivity contribution in [2.24, 2.45) is 17.5 Å². The Morgan fingerprint density at radius 3 is 2.55 bits per heavy atom. The van der Waals surface area contributed by atoms with E-state index in [1.807, 2.05) is 18.5 Å². The van der Waals surface area contributed by atoms with Crippen molar-refractivity contribution in [2.45, 2.75) is 46.8 Å². The first-order valence-corrected chi connectivity index (χ1v) is 10.5. The molecule has 0 aromatic carbocycles. The fraction of sp³-hybridized carbons (Fsp3) is 0.850. The van der Waals surface area contributed by atoms with Gasteiger partial charge in [-0.05, 0) is 25.3 Å². The maximum Gasteiger partial charge on any atom is 0.191 e. The van der Waals surface area contributed by atoms with E-state index in [-0.39, 0.29) is 11.5 Å². The normalized spacial score (nSPS) is 17.4. The van der Waals surface area contributed by atoms with Gasteiger partial charge in [0.15, 0.2) is 11.8 Å². The van der Waals surface area contributed by atoms with Crippen molar-refractivity contribution >= 4 is 5.96 Å². The lowest BCUT2D eigenvalue weighted by Gasteiger charge is -2.30. The van der Waals surface area contributed by atoms with Crippen LogP contribution in [0.3, 0.4) is 0 Å². The highest BCUT2D eigenvalue weighted by Crippen LogP contribution is 2.20. The highest BCUT2D eigenvalue weighted by Gasteiger charge is 2.24. The maximum absolute atomic E-state index is 5.67. The van der Waals surface area contributed by atoms with Gasteiger partial charge < -0.3 is 24.7 Å². The third kappa shape index (κ3) is 7.91. The third-order valence-electron chi connectivity index (χ3n) is 5.31. The monoisotopic (exact) mass is 409 g/mol. The van der Waals surface area contributed by atoms with Gasteiger partial charge in [-0.25, -0.2) is 4.99 Å². The van der Waals surface area contributed by atoms with Gasteiger partial charge in [0, 0.05) is 40.3 Å². The molecule has 0 bridgehead atoms. The number of nitrogens with one attached hydrogen (secondary N) is 2. The van der Waals surface area contributed by atoms with E-state index in [0.29, 0.717) is 13.1 Å². The highest BCUT2D eigenvalue weighted by atomic mass is 16.5. The summed E-state index contributed by atoms with van der Waals surface area (Å²) in [6.07, 6.45) is 1.14. The van der Waals surface area contributed by atoms with Gasteiger partial charge in [-0.3, -0.25) is 4.90 Å². The molecule has 9 nitrogen and oxygen atoms in total. The number of hydrogen-bond acceptors (Lipinski definition) is 6. The topological polar surface area (TPSA) is 88.8 Å². The lowest BCUT2D eigenvalue weighted by Crippen LogP contribution is -2.46. The van der Waals surface area contributed by atoms with Crippen LogP contribution < -0.4 is 10.6 Å². The number of nitrogens with zero attached hydrogens (tertiary/aromatic N) is 5. The zero-order valence-corrected chi connectivity index (χ0v) is 19.0. The first kappa shape index (κ1) is 23.6. The van der Waals surface area contributed by atoms with Crippen molar-refractivity contribution in [1.82, 2.24) is 30.3 Å². The predicted molar refractivity (Wildman–Crippen MR) is 115 cm³/mol. The van der Waals surface area contributed by atoms with Crippen molar-refractivity contribution in [3.8, 4) is 0 Å². The van der Waals surface area contributed by atoms with Gasteiger partial charge in [0.25, 0.3) is 0 Å². The summed E-state index contributed by atoms with van der Waals surface area (Å²) in [5.41, 5.74) is 0.0455. The Hall–Kier alpha value is -1.71. The van der Waals surface area contributed by atoms with E-state index in [9.17, 15) is 0 Å². The summed E-state index contributed by atoms with van der Waals surface area (Å²) in [5, 5.41) is 15.2. The molecule has 2 heterocycles. The van der Waals surface area contributed by atoms with Crippen LogP contribution in [-0.4, -0.2) is 84.8 Å². The molecule has 0 spiro atoms. The van der Waals surface area contributed by atoms with Crippen LogP contribution in [0.1, 0.15) is 38.8 Å². The Morgan fingerprint density at radius 2 is 1.97 bits per heavy atom. The summed E-state index contributed by atoms with van der Waals surface area (Å²) < 4.78 is 13.0. The van der Waals surface area contributed by atoms with Gasteiger partial charge in [-0.15, -0.1) is 10.2 Å². The first-order valence-electron chi connectivity index (χ1n) is 10.5. The number of guanidine groups is 1. The minimum absolute atomic E-state index is 0.0455. The molecule has 1 fully saturated rings. The van der Waals surface area contributed by atoms with Crippen molar-refractivity contribution in [2.75, 3.05) is 53.0 Å². The Balaban J connectivity index is 1.90. The molecular formula is C20H39N7O2. The largest absolute Gasteiger partial charge is 0.379 e. The summed E-state index contributed by atoms with van der Waals surface area (Å²) in [6.45, 7) is 15.3. The molecule has 0 aliphatic carbocycles. The molecule has 0 radical (unpaired) electrons. The molecule has 166 valence electrons. The second-order valence-electron chi connectivity index (χ2n) is 8.59. The summed E-state index contributed by atoms with van der Waals surface area (Å²) >= 11 is 0. The van der Waals surface area contributed by atoms with Gasteiger partial charge in [0.2, 0.25) is 0 Å². The van der Waals surface area contributed by atoms with E-state index in [4.69, 9.17) is 14.5 Å². The smallest absolute Gasteiger partial charge is 0.191 e. The Bertz CT molecular complexity index is 633. The van der Waals surface area contributed by atoms with E-state index < -0.39 is 0 Å². The molecular weight excluding hydrogens is 370 g/mol. The van der Waals surface area contributed by atoms with E-state index in [1.54, 1.807) is 7.11 Å². The maximum atomic E-state index is 5.67. The average Bonchev–Trinajstić information content (AvgIpc) is 3.01. The lowest BCUT2D eigenvalue weighted by molar-refractivity contribution is 0.0205. The molecule has 1 aliphatic rings. The summed E-state index contributed by atoms with van der Waals surface area (Å²) in [5.74, 6) is 2.50. The number of morpholine rings is 1. The third-order valence-corrected chi connectivity index (χ3v) is 5.31. The Kier molecular flexibility index (Phi) is 9.32. The quantitative estimate of drug-likeness (QED) is 0.356. The van der Waals surface area contributed by atoms with Crippen LogP contribution in [0.5, 0.6) is 0 Å². The van der Waals surface area contributed by atoms with Gasteiger partial charge >= 0.3 is 0 Å². The van der Waals surface area contributed by atoms with Crippen LogP contribution in [-0.2, 0) is 23.1 Å². The summed E-state index contributed by atoms with van der Waals surface area (Å²) in [6, 6.07) is 0. The van der Waals surface area contributed by atoms with Gasteiger partial charge in [-0.2, -0.15) is 0 Å². The molecule has 1 atom stereocenters. The molecule has 1 unspecified atom stereocenters. The predicted octanol–water partition coefficient (Wildman–Crippen LogP) is 0.942. The fourth-order valence-corrected chi connectivity index (χ4v) is 3.18. The van der Waals surface area contributed by atoms with Crippen molar-refractivity contribution in [3.63, 3.8) is 0 Å². The molecule has 2 rings (SSSR count). The Morgan fingerprint density at radius 1 is 1.24 bits per heavy atom. The number of hydrogen-bond donors (Lipinski definition) is 2. The number of aryl methyl sites for hydroxylation is 1. The minimum atomic E-state index is 0.0455. The molecule has 9 heteroatoms. The zero-order chi connectivity index (χ0) is 21.3. The van der Waals surface area contributed by atoms with Crippen LogP contribution in [0.2, 0.25) is 0 Å². The van der Waals surface area contributed by atoms with Crippen molar-refractivity contribution in [3.05, 3.63) is 11.6 Å². The molecule has 1 aromatic heterocycles. The van der Waals surface area contributed by atoms with Crippen LogP contribution in [0.4, 0.5) is 0 Å². The van der Waals surface area contributed by atoms with Gasteiger partial charge in [-0.1, -0.05) is 20.8 Å². The standard InChI is InChI=1S/C20H39N7O2/c1-16-24-25-18(26(16)5)15-23-19(22-14-17(28-6)20(2,3)4)21-8-7-9-27-10-12-29-13-11-27/h17H,7-15H2,1-6H3,(H2,21,22,23). The van der Waals surface area contributed by atoms with E-state index >= 15 is 0 Å². The molecule has 2 N–H and O–H groups in total. The van der Waals surface area contributed by atoms with E-state index in [1.165, 1.54) is 0 Å². The molecule has 0 amide bonds. The second-order valence-corrected chi connectivity index (χ2v) is 8.59. The van der Waals surface area contributed by atoms with Gasteiger partial charge in [0.05, 0.1) is 19.3 Å². The van der Waals surface area contributed by atoms with Crippen LogP contribution >= 0.6 is 0 Å². The van der Waals surface area contributed by atoms with Crippen molar-refractivity contribution < 1.29 is 9.47 Å². The molecule has 1 aromatic rings. The summed E-state index contributed by atoms with van der Waals surface area (Å²) in [4.78, 5) is 7.17. The molecule has 1 aliphatic heterocycles. The summed E-state index contributed by atoms with van der Waals surface area (Å²) in [7, 11) is 3.72. The van der Waals surface area contributed by atoms with Crippen LogP contribution in [0.15, 0.2) is 4.99 Å². The molecule has 1 saturated heterocycles. The number of rotatable bonds is 9. The fourth-order valence-electron chi connectivity index (χ4n) is 3.18. The SMILES string of the molecule is COC(CNC(=NCc1nnc(C)n1C)NCCCN1CCOCC1)C(C)(C)C. The lowest BCUT2D eigenvalue weighted by atomic mass is 9.89. The van der Waals surface area contributed by atoms with Crippen LogP contribution in [0, 0.1) is 12.3 Å². The number of ether oxygens (including phenoxy) is 2. The minimum Gasteiger partial charge on any atom is -0.379 e. The average molecular weight is 410 g/mol. The van der Waals surface area contributed by atoms with E-state index in [0.717, 1.165) is 63.4 Å². The van der Waals surface area contributed by atoms with E-state index in [2.05, 4.69) is 46.5 Å². The number of methoxy groups -OCH3 is 1. The number of aromatic nitrogens is 3. The number of aliphatic imine (C=N–C) groups is 1. The molecule has 0 saturated carbocycles.